The molecule has 0 N–H and O–H groups in total. The third-order valence-corrected chi connectivity index (χ3v) is 5.11. The van der Waals surface area contributed by atoms with Gasteiger partial charge in [0.05, 0.1) is 11.0 Å². The van der Waals surface area contributed by atoms with E-state index in [4.69, 9.17) is 9.47 Å². The van der Waals surface area contributed by atoms with Crippen molar-refractivity contribution in [1.29, 1.82) is 0 Å². The Morgan fingerprint density at radius 2 is 1.86 bits per heavy atom. The monoisotopic (exact) mass is 401 g/mol. The fourth-order valence-corrected chi connectivity index (χ4v) is 3.74. The molecule has 2 aromatic rings. The van der Waals surface area contributed by atoms with Crippen LogP contribution < -0.4 is 0 Å². The van der Waals surface area contributed by atoms with Gasteiger partial charge in [0.15, 0.2) is 5.82 Å². The lowest BCUT2D eigenvalue weighted by atomic mass is 9.92. The molecule has 1 fully saturated rings. The number of nitrogens with zero attached hydrogens (tertiary/aromatic N) is 3. The second-order valence-electron chi connectivity index (χ2n) is 8.45. The van der Waals surface area contributed by atoms with Crippen LogP contribution in [-0.4, -0.2) is 51.6 Å². The topological polar surface area (TPSA) is 73.7 Å². The zero-order valence-electron chi connectivity index (χ0n) is 18.0. The zero-order valence-corrected chi connectivity index (χ0v) is 18.0. The number of imidazole rings is 1. The van der Waals surface area contributed by atoms with Gasteiger partial charge >= 0.3 is 6.09 Å². The fourth-order valence-electron chi connectivity index (χ4n) is 3.74. The lowest BCUT2D eigenvalue weighted by molar-refractivity contribution is 0.0173. The van der Waals surface area contributed by atoms with Crippen LogP contribution in [-0.2, 0) is 9.47 Å². The van der Waals surface area contributed by atoms with Crippen LogP contribution in [0.15, 0.2) is 24.3 Å². The van der Waals surface area contributed by atoms with Crippen molar-refractivity contribution in [2.24, 2.45) is 5.92 Å². The fraction of sp³-hybridized carbons (Fsp3) is 0.591. The maximum Gasteiger partial charge on any atom is 0.410 e. The summed E-state index contributed by atoms with van der Waals surface area (Å²) in [5.74, 6) is 0.275. The highest BCUT2D eigenvalue weighted by atomic mass is 16.6. The van der Waals surface area contributed by atoms with Crippen molar-refractivity contribution in [1.82, 2.24) is 14.5 Å². The van der Waals surface area contributed by atoms with E-state index in [2.05, 4.69) is 4.98 Å². The van der Waals surface area contributed by atoms with Crippen molar-refractivity contribution in [2.45, 2.75) is 59.3 Å². The highest BCUT2D eigenvalue weighted by Gasteiger charge is 2.33. The van der Waals surface area contributed by atoms with E-state index in [1.54, 1.807) is 4.90 Å². The summed E-state index contributed by atoms with van der Waals surface area (Å²) in [6.45, 7) is 11.0. The van der Waals surface area contributed by atoms with Crippen LogP contribution in [0.3, 0.4) is 0 Å². The number of ether oxygens (including phenoxy) is 2. The Morgan fingerprint density at radius 3 is 2.48 bits per heavy atom. The number of hydrogen-bond donors (Lipinski definition) is 0. The second-order valence-corrected chi connectivity index (χ2v) is 8.45. The molecule has 1 aromatic heterocycles. The van der Waals surface area contributed by atoms with Crippen molar-refractivity contribution in [3.05, 3.63) is 30.1 Å². The molecule has 2 heterocycles. The van der Waals surface area contributed by atoms with Gasteiger partial charge in [-0.3, -0.25) is 9.36 Å². The van der Waals surface area contributed by atoms with Crippen LogP contribution in [0.4, 0.5) is 4.79 Å². The second kappa shape index (κ2) is 8.53. The summed E-state index contributed by atoms with van der Waals surface area (Å²) >= 11 is 0. The Bertz CT molecular complexity index is 876. The van der Waals surface area contributed by atoms with Gasteiger partial charge in [0, 0.05) is 25.6 Å². The first-order valence-electron chi connectivity index (χ1n) is 10.3. The van der Waals surface area contributed by atoms with E-state index in [0.29, 0.717) is 38.4 Å². The number of likely N-dealkylation sites (tertiary alicyclic amines) is 1. The van der Waals surface area contributed by atoms with Gasteiger partial charge in [-0.05, 0) is 59.6 Å². The van der Waals surface area contributed by atoms with E-state index in [1.165, 1.54) is 0 Å². The third-order valence-electron chi connectivity index (χ3n) is 5.11. The van der Waals surface area contributed by atoms with Crippen molar-refractivity contribution in [2.75, 3.05) is 19.7 Å². The first kappa shape index (κ1) is 21.3. The molecule has 1 unspecified atom stereocenters. The van der Waals surface area contributed by atoms with E-state index >= 15 is 0 Å². The molecular weight excluding hydrogens is 370 g/mol. The van der Waals surface area contributed by atoms with Gasteiger partial charge in [0.2, 0.25) is 5.78 Å². The smallest absolute Gasteiger partial charge is 0.410 e. The SMILES string of the molecule is CCOC(C)n1c(C(=O)C2CCN(C(=O)OC(C)(C)C)CC2)nc2ccccc21. The van der Waals surface area contributed by atoms with Gasteiger partial charge in [-0.25, -0.2) is 9.78 Å². The molecule has 29 heavy (non-hydrogen) atoms. The van der Waals surface area contributed by atoms with Gasteiger partial charge in [0.1, 0.15) is 11.8 Å². The highest BCUT2D eigenvalue weighted by molar-refractivity contribution is 5.98. The van der Waals surface area contributed by atoms with Gasteiger partial charge in [-0.15, -0.1) is 0 Å². The molecule has 1 aliphatic rings. The molecule has 1 atom stereocenters. The van der Waals surface area contributed by atoms with Crippen LogP contribution in [0.2, 0.25) is 0 Å². The molecule has 0 aliphatic carbocycles. The predicted octanol–water partition coefficient (Wildman–Crippen LogP) is 4.42. The normalized spacial score (nSPS) is 16.8. The van der Waals surface area contributed by atoms with Crippen molar-refractivity contribution in [3.63, 3.8) is 0 Å². The number of fused-ring (bicyclic) bond motifs is 1. The molecule has 1 saturated heterocycles. The summed E-state index contributed by atoms with van der Waals surface area (Å²) in [6, 6.07) is 7.72. The minimum absolute atomic E-state index is 0.0107. The third kappa shape index (κ3) is 4.78. The van der Waals surface area contributed by atoms with Crippen molar-refractivity contribution < 1.29 is 19.1 Å². The van der Waals surface area contributed by atoms with Crippen LogP contribution in [0.25, 0.3) is 11.0 Å². The predicted molar refractivity (Wildman–Crippen MR) is 111 cm³/mol. The number of ketones is 1. The largest absolute Gasteiger partial charge is 0.444 e. The average Bonchev–Trinajstić information content (AvgIpc) is 3.06. The van der Waals surface area contributed by atoms with Crippen LogP contribution in [0.5, 0.6) is 0 Å². The maximum absolute atomic E-state index is 13.3. The molecule has 1 aromatic carbocycles. The Hall–Kier alpha value is -2.41. The number of benzene rings is 1. The standard InChI is InChI=1S/C22H31N3O4/c1-6-28-15(2)25-18-10-8-7-9-17(18)23-20(25)19(26)16-11-13-24(14-12-16)21(27)29-22(3,4)5/h7-10,15-16H,6,11-14H2,1-5H3. The summed E-state index contributed by atoms with van der Waals surface area (Å²) in [6.07, 6.45) is 0.600. The number of carbonyl (C=O) groups is 2. The Kier molecular flexibility index (Phi) is 6.27. The van der Waals surface area contributed by atoms with Crippen LogP contribution >= 0.6 is 0 Å². The molecule has 1 amide bonds. The number of hydrogen-bond acceptors (Lipinski definition) is 5. The van der Waals surface area contributed by atoms with E-state index in [0.717, 1.165) is 11.0 Å². The number of piperidine rings is 1. The van der Waals surface area contributed by atoms with E-state index in [1.807, 2.05) is 63.5 Å². The molecule has 7 nitrogen and oxygen atoms in total. The molecule has 158 valence electrons. The summed E-state index contributed by atoms with van der Waals surface area (Å²) in [4.78, 5) is 31.9. The minimum atomic E-state index is -0.524. The van der Waals surface area contributed by atoms with E-state index < -0.39 is 5.60 Å². The van der Waals surface area contributed by atoms with Crippen LogP contribution in [0, 0.1) is 5.92 Å². The Labute approximate surface area is 172 Å². The van der Waals surface area contributed by atoms with Gasteiger partial charge in [-0.1, -0.05) is 12.1 Å². The Morgan fingerprint density at radius 1 is 1.21 bits per heavy atom. The molecule has 0 saturated carbocycles. The van der Waals surface area contributed by atoms with Crippen molar-refractivity contribution >= 4 is 22.9 Å². The molecule has 0 bridgehead atoms. The van der Waals surface area contributed by atoms with E-state index in [9.17, 15) is 9.59 Å². The molecule has 3 rings (SSSR count). The highest BCUT2D eigenvalue weighted by Crippen LogP contribution is 2.27. The summed E-state index contributed by atoms with van der Waals surface area (Å²) in [5, 5.41) is 0. The quantitative estimate of drug-likeness (QED) is 0.694. The number of rotatable bonds is 5. The number of para-hydroxylation sites is 2. The Balaban J connectivity index is 1.77. The lowest BCUT2D eigenvalue weighted by Gasteiger charge is -2.33. The summed E-state index contributed by atoms with van der Waals surface area (Å²) in [7, 11) is 0. The number of amides is 1. The van der Waals surface area contributed by atoms with Crippen LogP contribution in [0.1, 0.15) is 64.3 Å². The van der Waals surface area contributed by atoms with Gasteiger partial charge in [-0.2, -0.15) is 0 Å². The molecular formula is C22H31N3O4. The minimum Gasteiger partial charge on any atom is -0.444 e. The van der Waals surface area contributed by atoms with Gasteiger partial charge < -0.3 is 14.4 Å². The first-order chi connectivity index (χ1) is 13.7. The van der Waals surface area contributed by atoms with Crippen molar-refractivity contribution in [3.8, 4) is 0 Å². The number of Topliss-reactive ketones (excluding diaryl/α,β-unsaturated/α-hetero) is 1. The molecule has 7 heteroatoms. The summed E-state index contributed by atoms with van der Waals surface area (Å²) < 4.78 is 13.1. The zero-order chi connectivity index (χ0) is 21.2. The molecule has 0 radical (unpaired) electrons. The maximum atomic E-state index is 13.3. The number of aromatic nitrogens is 2. The summed E-state index contributed by atoms with van der Waals surface area (Å²) in [5.41, 5.74) is 1.15. The lowest BCUT2D eigenvalue weighted by Crippen LogP contribution is -2.43. The first-order valence-corrected chi connectivity index (χ1v) is 10.3. The number of carbonyl (C=O) groups excluding carboxylic acids is 2. The average molecular weight is 402 g/mol. The molecule has 1 aliphatic heterocycles. The van der Waals surface area contributed by atoms with Gasteiger partial charge in [0.25, 0.3) is 0 Å². The van der Waals surface area contributed by atoms with E-state index in [-0.39, 0.29) is 24.0 Å². The molecule has 0 spiro atoms.